The van der Waals surface area contributed by atoms with Crippen molar-refractivity contribution in [3.63, 3.8) is 0 Å². The Kier molecular flexibility index (Phi) is 13.0. The largest absolute Gasteiger partial charge is 0.303 e. The molecule has 16 atom stereocenters. The van der Waals surface area contributed by atoms with Gasteiger partial charge in [0.2, 0.25) is 0 Å². The Morgan fingerprint density at radius 3 is 1.36 bits per heavy atom. The maximum absolute atomic E-state index is 10.9. The Bertz CT molecular complexity index is 1400. The number of aldehydes is 2. The molecule has 0 radical (unpaired) electrons. The van der Waals surface area contributed by atoms with Gasteiger partial charge >= 0.3 is 0 Å². The van der Waals surface area contributed by atoms with E-state index in [1.54, 1.807) is 11.1 Å². The van der Waals surface area contributed by atoms with Gasteiger partial charge in [-0.05, 0) is 195 Å². The van der Waals surface area contributed by atoms with Gasteiger partial charge in [-0.15, -0.1) is 0 Å². The topological polar surface area (TPSA) is 34.1 Å². The van der Waals surface area contributed by atoms with Gasteiger partial charge in [-0.1, -0.05) is 118 Å². The summed E-state index contributed by atoms with van der Waals surface area (Å²) in [5.74, 6) is 9.02. The van der Waals surface area contributed by atoms with Crippen molar-refractivity contribution in [3.05, 3.63) is 47.6 Å². The molecule has 4 fully saturated rings. The van der Waals surface area contributed by atoms with Crippen molar-refractivity contribution in [2.75, 3.05) is 0 Å². The molecule has 8 aliphatic carbocycles. The van der Waals surface area contributed by atoms with Crippen molar-refractivity contribution < 1.29 is 9.59 Å². The van der Waals surface area contributed by atoms with Crippen LogP contribution in [0.2, 0.25) is 0 Å². The molecule has 0 N–H and O–H groups in total. The van der Waals surface area contributed by atoms with Crippen LogP contribution in [0.1, 0.15) is 184 Å². The van der Waals surface area contributed by atoms with Crippen molar-refractivity contribution in [2.45, 2.75) is 184 Å². The number of fused-ring (bicyclic) bond motifs is 10. The fraction of sp³-hybridized carbons (Fsp3) is 0.815. The molecule has 312 valence electrons. The van der Waals surface area contributed by atoms with Gasteiger partial charge in [-0.2, -0.15) is 0 Å². The molecule has 4 saturated carbocycles. The highest BCUT2D eigenvalue weighted by Gasteiger charge is 2.59. The second kappa shape index (κ2) is 17.1. The van der Waals surface area contributed by atoms with Crippen LogP contribution < -0.4 is 0 Å². The summed E-state index contributed by atoms with van der Waals surface area (Å²) in [4.78, 5) is 21.9. The molecule has 2 unspecified atom stereocenters. The highest BCUT2D eigenvalue weighted by molar-refractivity contribution is 5.52. The third kappa shape index (κ3) is 7.63. The lowest BCUT2D eigenvalue weighted by molar-refractivity contribution is -0.111. The van der Waals surface area contributed by atoms with Crippen LogP contribution in [0.4, 0.5) is 0 Å². The first-order valence-corrected chi connectivity index (χ1v) is 24.5. The van der Waals surface area contributed by atoms with Crippen molar-refractivity contribution in [3.8, 4) is 0 Å². The van der Waals surface area contributed by atoms with Crippen molar-refractivity contribution in [2.24, 2.45) is 92.7 Å². The average molecular weight is 765 g/mol. The summed E-state index contributed by atoms with van der Waals surface area (Å²) in [6.07, 6.45) is 44.5. The SMILES string of the molecule is CC(C=O)CCC[C@@H](C)[C@H]1CC[C@H]2[C@@H]3C=CC4=CCCC[C@]4(C)[C@H]3CC[C@]12C.CC(C=O)CCC[C@@H](C)[C@H]1CC[C@H]2[C@@H]3C=CC4=CCCC[C@]4(C)[C@H]3CC[C@]12C. The Balaban J connectivity index is 0.000000172. The van der Waals surface area contributed by atoms with Crippen LogP contribution in [0, 0.1) is 92.7 Å². The Hall–Kier alpha value is -1.70. The van der Waals surface area contributed by atoms with E-state index in [1.807, 2.05) is 0 Å². The summed E-state index contributed by atoms with van der Waals surface area (Å²) in [6, 6.07) is 0. The minimum Gasteiger partial charge on any atom is -0.303 e. The van der Waals surface area contributed by atoms with Gasteiger partial charge in [0.25, 0.3) is 0 Å². The highest BCUT2D eigenvalue weighted by Crippen LogP contribution is 2.68. The second-order valence-electron chi connectivity index (χ2n) is 22.7. The lowest BCUT2D eigenvalue weighted by atomic mass is 9.48. The van der Waals surface area contributed by atoms with E-state index >= 15 is 0 Å². The minimum absolute atomic E-state index is 0.236. The molecule has 0 aromatic rings. The quantitative estimate of drug-likeness (QED) is 0.186. The maximum atomic E-state index is 10.9. The maximum Gasteiger partial charge on any atom is 0.122 e. The summed E-state index contributed by atoms with van der Waals surface area (Å²) in [6.45, 7) is 19.6. The van der Waals surface area contributed by atoms with E-state index in [4.69, 9.17) is 0 Å². The first kappa shape index (κ1) is 42.4. The van der Waals surface area contributed by atoms with Crippen LogP contribution in [-0.4, -0.2) is 12.6 Å². The highest BCUT2D eigenvalue weighted by atomic mass is 16.1. The summed E-state index contributed by atoms with van der Waals surface area (Å²) >= 11 is 0. The van der Waals surface area contributed by atoms with Crippen molar-refractivity contribution in [1.29, 1.82) is 0 Å². The fourth-order valence-electron chi connectivity index (χ4n) is 16.4. The zero-order chi connectivity index (χ0) is 39.9. The van der Waals surface area contributed by atoms with E-state index in [1.165, 1.54) is 116 Å². The van der Waals surface area contributed by atoms with Gasteiger partial charge in [0.15, 0.2) is 0 Å². The fourth-order valence-corrected chi connectivity index (χ4v) is 16.4. The molecule has 0 bridgehead atoms. The third-order valence-electron chi connectivity index (χ3n) is 19.8. The van der Waals surface area contributed by atoms with Crippen molar-refractivity contribution >= 4 is 12.6 Å². The number of carbonyl (C=O) groups is 2. The van der Waals surface area contributed by atoms with Gasteiger partial charge < -0.3 is 9.59 Å². The summed E-state index contributed by atoms with van der Waals surface area (Å²) in [5.41, 5.74) is 5.30. The smallest absolute Gasteiger partial charge is 0.122 e. The molecule has 0 saturated heterocycles. The standard InChI is InChI=1S/2C27H42O/c2*1-19(18-28)8-7-9-20(2)23-13-14-24-22-12-11-21-10-5-6-16-26(21,3)25(22)15-17-27(23,24)4/h2*10-12,18-20,22-25H,5-9,13-17H2,1-4H3/t2*19?,20-,22+,23-,24+,25+,26+,27-/m11/s1. The molecule has 0 spiro atoms. The van der Waals surface area contributed by atoms with Crippen LogP contribution in [-0.2, 0) is 9.59 Å². The summed E-state index contributed by atoms with van der Waals surface area (Å²) in [7, 11) is 0. The predicted octanol–water partition coefficient (Wildman–Crippen LogP) is 14.7. The number of allylic oxidation sites excluding steroid dienone is 8. The number of carbonyl (C=O) groups excluding carboxylic acids is 2. The molecule has 0 heterocycles. The molecule has 8 rings (SSSR count). The number of hydrogen-bond acceptors (Lipinski definition) is 2. The monoisotopic (exact) mass is 765 g/mol. The molecule has 8 aliphatic rings. The number of rotatable bonds is 12. The van der Waals surface area contributed by atoms with Gasteiger partial charge in [0.05, 0.1) is 0 Å². The van der Waals surface area contributed by atoms with Crippen LogP contribution in [0.3, 0.4) is 0 Å². The van der Waals surface area contributed by atoms with E-state index in [2.05, 4.69) is 91.8 Å². The van der Waals surface area contributed by atoms with E-state index in [0.29, 0.717) is 21.7 Å². The third-order valence-corrected chi connectivity index (χ3v) is 19.8. The van der Waals surface area contributed by atoms with Gasteiger partial charge in [-0.3, -0.25) is 0 Å². The zero-order valence-electron chi connectivity index (χ0n) is 37.5. The molecular weight excluding hydrogens is 681 g/mol. The van der Waals surface area contributed by atoms with Crippen LogP contribution in [0.25, 0.3) is 0 Å². The first-order chi connectivity index (χ1) is 26.8. The minimum atomic E-state index is 0.236. The lowest BCUT2D eigenvalue weighted by Crippen LogP contribution is -2.49. The van der Waals surface area contributed by atoms with E-state index < -0.39 is 0 Å². The molecule has 0 amide bonds. The van der Waals surface area contributed by atoms with Crippen molar-refractivity contribution in [1.82, 2.24) is 0 Å². The van der Waals surface area contributed by atoms with Gasteiger partial charge in [0.1, 0.15) is 12.6 Å². The molecule has 0 aliphatic heterocycles. The Morgan fingerprint density at radius 1 is 0.554 bits per heavy atom. The molecule has 56 heavy (non-hydrogen) atoms. The van der Waals surface area contributed by atoms with Crippen LogP contribution in [0.15, 0.2) is 47.6 Å². The first-order valence-electron chi connectivity index (χ1n) is 24.5. The van der Waals surface area contributed by atoms with Gasteiger partial charge in [-0.25, -0.2) is 0 Å². The van der Waals surface area contributed by atoms with Gasteiger partial charge in [0, 0.05) is 11.8 Å². The predicted molar refractivity (Wildman–Crippen MR) is 236 cm³/mol. The Morgan fingerprint density at radius 2 is 0.964 bits per heavy atom. The second-order valence-corrected chi connectivity index (χ2v) is 22.7. The molecule has 0 aromatic carbocycles. The zero-order valence-corrected chi connectivity index (χ0v) is 37.5. The van der Waals surface area contributed by atoms with Crippen LogP contribution in [0.5, 0.6) is 0 Å². The summed E-state index contributed by atoms with van der Waals surface area (Å²) in [5, 5.41) is 0. The summed E-state index contributed by atoms with van der Waals surface area (Å²) < 4.78 is 0. The molecule has 0 aromatic heterocycles. The van der Waals surface area contributed by atoms with E-state index in [-0.39, 0.29) is 11.8 Å². The molecule has 2 heteroatoms. The molecule has 2 nitrogen and oxygen atoms in total. The Labute approximate surface area is 345 Å². The van der Waals surface area contributed by atoms with E-state index in [0.717, 1.165) is 84.6 Å². The average Bonchev–Trinajstić information content (AvgIpc) is 3.74. The lowest BCUT2D eigenvalue weighted by Gasteiger charge is -2.56. The molecular formula is C54H84O2. The number of hydrogen-bond donors (Lipinski definition) is 0. The van der Waals surface area contributed by atoms with E-state index in [9.17, 15) is 9.59 Å². The normalized spacial score (nSPS) is 44.1. The van der Waals surface area contributed by atoms with Crippen LogP contribution >= 0.6 is 0 Å².